The number of carbonyl (C=O) groups is 1. The molecular formula is C13H17ClO3. The van der Waals surface area contributed by atoms with E-state index in [1.165, 1.54) is 0 Å². The highest BCUT2D eigenvalue weighted by Crippen LogP contribution is 2.36. The summed E-state index contributed by atoms with van der Waals surface area (Å²) in [5, 5.41) is 19.6. The molecule has 1 unspecified atom stereocenters. The van der Waals surface area contributed by atoms with Crippen molar-refractivity contribution in [2.45, 2.75) is 34.1 Å². The molecule has 0 spiro atoms. The van der Waals surface area contributed by atoms with Gasteiger partial charge in [0.1, 0.15) is 5.75 Å². The summed E-state index contributed by atoms with van der Waals surface area (Å²) in [6.07, 6.45) is 0.286. The van der Waals surface area contributed by atoms with Gasteiger partial charge < -0.3 is 10.2 Å². The standard InChI is InChI=1S/C13H17ClO3/c1-6(13(16)17)5-10-9(4)11(14)7(2)8(3)12(10)15/h6,15H,5H2,1-4H3,(H,16,17). The molecule has 4 heteroatoms. The Kier molecular flexibility index (Phi) is 4.04. The zero-order valence-corrected chi connectivity index (χ0v) is 11.2. The number of aromatic hydroxyl groups is 1. The zero-order chi connectivity index (χ0) is 13.3. The van der Waals surface area contributed by atoms with Gasteiger partial charge in [0.15, 0.2) is 0 Å². The SMILES string of the molecule is Cc1c(C)c(Cl)c(C)c(CC(C)C(=O)O)c1O. The van der Waals surface area contributed by atoms with Crippen molar-refractivity contribution in [1.29, 1.82) is 0 Å². The normalized spacial score (nSPS) is 12.5. The van der Waals surface area contributed by atoms with Crippen LogP contribution < -0.4 is 0 Å². The lowest BCUT2D eigenvalue weighted by atomic mass is 9.92. The van der Waals surface area contributed by atoms with Crippen molar-refractivity contribution in [3.63, 3.8) is 0 Å². The second kappa shape index (κ2) is 4.96. The maximum Gasteiger partial charge on any atom is 0.306 e. The van der Waals surface area contributed by atoms with Gasteiger partial charge in [0.25, 0.3) is 0 Å². The molecule has 1 aromatic carbocycles. The Hall–Kier alpha value is -1.22. The highest BCUT2D eigenvalue weighted by Gasteiger charge is 2.20. The van der Waals surface area contributed by atoms with E-state index in [1.807, 2.05) is 6.92 Å². The number of carboxylic acids is 1. The number of aliphatic carboxylic acids is 1. The Morgan fingerprint density at radius 1 is 1.24 bits per heavy atom. The van der Waals surface area contributed by atoms with Crippen LogP contribution >= 0.6 is 11.6 Å². The van der Waals surface area contributed by atoms with E-state index in [4.69, 9.17) is 16.7 Å². The molecule has 0 fully saturated rings. The largest absolute Gasteiger partial charge is 0.507 e. The molecule has 1 rings (SSSR count). The van der Waals surface area contributed by atoms with Crippen molar-refractivity contribution in [2.24, 2.45) is 5.92 Å². The highest BCUT2D eigenvalue weighted by atomic mass is 35.5. The van der Waals surface area contributed by atoms with Crippen molar-refractivity contribution >= 4 is 17.6 Å². The molecule has 2 N–H and O–H groups in total. The summed E-state index contributed by atoms with van der Waals surface area (Å²) < 4.78 is 0. The number of halogens is 1. The van der Waals surface area contributed by atoms with Crippen molar-refractivity contribution in [3.8, 4) is 5.75 Å². The van der Waals surface area contributed by atoms with E-state index < -0.39 is 11.9 Å². The lowest BCUT2D eigenvalue weighted by Crippen LogP contribution is -2.13. The van der Waals surface area contributed by atoms with Crippen LogP contribution in [0.4, 0.5) is 0 Å². The van der Waals surface area contributed by atoms with Gasteiger partial charge in [-0.1, -0.05) is 18.5 Å². The van der Waals surface area contributed by atoms with Gasteiger partial charge in [-0.3, -0.25) is 4.79 Å². The van der Waals surface area contributed by atoms with Crippen LogP contribution in [0.15, 0.2) is 0 Å². The molecule has 0 bridgehead atoms. The molecule has 1 atom stereocenters. The Bertz CT molecular complexity index is 437. The van der Waals surface area contributed by atoms with Crippen molar-refractivity contribution < 1.29 is 15.0 Å². The number of hydrogen-bond donors (Lipinski definition) is 2. The molecule has 0 saturated carbocycles. The highest BCUT2D eigenvalue weighted by molar-refractivity contribution is 6.32. The maximum atomic E-state index is 10.8. The average Bonchev–Trinajstić information content (AvgIpc) is 2.29. The quantitative estimate of drug-likeness (QED) is 0.873. The van der Waals surface area contributed by atoms with Crippen molar-refractivity contribution in [1.82, 2.24) is 0 Å². The maximum absolute atomic E-state index is 10.8. The second-order valence-corrected chi connectivity index (χ2v) is 4.84. The molecule has 0 aliphatic heterocycles. The smallest absolute Gasteiger partial charge is 0.306 e. The zero-order valence-electron chi connectivity index (χ0n) is 10.5. The van der Waals surface area contributed by atoms with Gasteiger partial charge in [0, 0.05) is 5.02 Å². The van der Waals surface area contributed by atoms with Gasteiger partial charge in [-0.05, 0) is 49.4 Å². The second-order valence-electron chi connectivity index (χ2n) is 4.46. The van der Waals surface area contributed by atoms with Crippen LogP contribution in [-0.4, -0.2) is 16.2 Å². The fraction of sp³-hybridized carbons (Fsp3) is 0.462. The average molecular weight is 257 g/mol. The van der Waals surface area contributed by atoms with Gasteiger partial charge in [-0.15, -0.1) is 0 Å². The van der Waals surface area contributed by atoms with E-state index in [1.54, 1.807) is 20.8 Å². The minimum absolute atomic E-state index is 0.164. The summed E-state index contributed by atoms with van der Waals surface area (Å²) in [7, 11) is 0. The molecule has 0 amide bonds. The lowest BCUT2D eigenvalue weighted by Gasteiger charge is -2.17. The number of phenols is 1. The van der Waals surface area contributed by atoms with E-state index in [0.717, 1.165) is 11.1 Å². The first-order valence-electron chi connectivity index (χ1n) is 5.47. The Labute approximate surface area is 106 Å². The summed E-state index contributed by atoms with van der Waals surface area (Å²) in [6.45, 7) is 7.04. The van der Waals surface area contributed by atoms with Gasteiger partial charge in [-0.2, -0.15) is 0 Å². The Balaban J connectivity index is 3.30. The van der Waals surface area contributed by atoms with E-state index >= 15 is 0 Å². The predicted molar refractivity (Wildman–Crippen MR) is 67.8 cm³/mol. The molecule has 0 aliphatic rings. The van der Waals surface area contributed by atoms with Crippen LogP contribution in [0.25, 0.3) is 0 Å². The van der Waals surface area contributed by atoms with Crippen LogP contribution in [0.1, 0.15) is 29.2 Å². The molecule has 1 aromatic rings. The van der Waals surface area contributed by atoms with E-state index in [9.17, 15) is 9.90 Å². The molecule has 0 radical (unpaired) electrons. The minimum Gasteiger partial charge on any atom is -0.507 e. The van der Waals surface area contributed by atoms with E-state index in [2.05, 4.69) is 0 Å². The molecule has 94 valence electrons. The molecule has 0 aromatic heterocycles. The molecule has 0 saturated heterocycles. The first-order chi connectivity index (χ1) is 7.77. The number of hydrogen-bond acceptors (Lipinski definition) is 2. The summed E-state index contributed by atoms with van der Waals surface area (Å²) in [5.74, 6) is -1.26. The van der Waals surface area contributed by atoms with Gasteiger partial charge in [0.2, 0.25) is 0 Å². The third kappa shape index (κ3) is 2.55. The Morgan fingerprint density at radius 2 is 1.76 bits per heavy atom. The fourth-order valence-electron chi connectivity index (χ4n) is 1.80. The predicted octanol–water partition coefficient (Wildman–Crippen LogP) is 3.23. The summed E-state index contributed by atoms with van der Waals surface area (Å²) in [6, 6.07) is 0. The molecular weight excluding hydrogens is 240 g/mol. The first kappa shape index (κ1) is 13.8. The summed E-state index contributed by atoms with van der Waals surface area (Å²) in [4.78, 5) is 10.8. The monoisotopic (exact) mass is 256 g/mol. The van der Waals surface area contributed by atoms with E-state index in [-0.39, 0.29) is 12.2 Å². The number of carboxylic acid groups (broad SMARTS) is 1. The Morgan fingerprint density at radius 3 is 2.24 bits per heavy atom. The third-order valence-corrected chi connectivity index (χ3v) is 3.81. The molecule has 0 heterocycles. The number of rotatable bonds is 3. The van der Waals surface area contributed by atoms with Crippen LogP contribution in [0, 0.1) is 26.7 Å². The molecule has 0 aliphatic carbocycles. The first-order valence-corrected chi connectivity index (χ1v) is 5.85. The topological polar surface area (TPSA) is 57.5 Å². The van der Waals surface area contributed by atoms with E-state index in [0.29, 0.717) is 16.1 Å². The third-order valence-electron chi connectivity index (χ3n) is 3.25. The van der Waals surface area contributed by atoms with Gasteiger partial charge in [-0.25, -0.2) is 0 Å². The van der Waals surface area contributed by atoms with Crippen molar-refractivity contribution in [3.05, 3.63) is 27.3 Å². The molecule has 3 nitrogen and oxygen atoms in total. The summed E-state index contributed by atoms with van der Waals surface area (Å²) in [5.41, 5.74) is 2.95. The minimum atomic E-state index is -0.877. The molecule has 17 heavy (non-hydrogen) atoms. The van der Waals surface area contributed by atoms with Gasteiger partial charge >= 0.3 is 5.97 Å². The fourth-order valence-corrected chi connectivity index (χ4v) is 2.06. The lowest BCUT2D eigenvalue weighted by molar-refractivity contribution is -0.141. The van der Waals surface area contributed by atoms with Crippen LogP contribution in [0.5, 0.6) is 5.75 Å². The van der Waals surface area contributed by atoms with Gasteiger partial charge in [0.05, 0.1) is 5.92 Å². The number of benzene rings is 1. The van der Waals surface area contributed by atoms with Crippen LogP contribution in [0.2, 0.25) is 5.02 Å². The van der Waals surface area contributed by atoms with Crippen LogP contribution in [0.3, 0.4) is 0 Å². The van der Waals surface area contributed by atoms with Crippen molar-refractivity contribution in [2.75, 3.05) is 0 Å². The van der Waals surface area contributed by atoms with Crippen LogP contribution in [-0.2, 0) is 11.2 Å². The number of phenolic OH excluding ortho intramolecular Hbond substituents is 1. The summed E-state index contributed by atoms with van der Waals surface area (Å²) >= 11 is 6.16.